The fourth-order valence-corrected chi connectivity index (χ4v) is 5.37. The van der Waals surface area contributed by atoms with Gasteiger partial charge in [0.2, 0.25) is 10.0 Å². The van der Waals surface area contributed by atoms with Crippen LogP contribution in [0, 0.1) is 0 Å². The van der Waals surface area contributed by atoms with Gasteiger partial charge in [-0.3, -0.25) is 0 Å². The van der Waals surface area contributed by atoms with Gasteiger partial charge in [-0.15, -0.1) is 0 Å². The Morgan fingerprint density at radius 2 is 2.10 bits per heavy atom. The Bertz CT molecular complexity index is 574. The van der Waals surface area contributed by atoms with Gasteiger partial charge in [-0.25, -0.2) is 8.42 Å². The number of sulfonamides is 1. The number of benzene rings is 1. The van der Waals surface area contributed by atoms with Crippen LogP contribution in [0.25, 0.3) is 0 Å². The molecule has 2 rings (SSSR count). The van der Waals surface area contributed by atoms with E-state index in [0.29, 0.717) is 16.6 Å². The van der Waals surface area contributed by atoms with Crippen molar-refractivity contribution < 1.29 is 13.5 Å². The van der Waals surface area contributed by atoms with E-state index in [4.69, 9.17) is 5.11 Å². The smallest absolute Gasteiger partial charge is 0.244 e. The fourth-order valence-electron chi connectivity index (χ4n) is 2.58. The van der Waals surface area contributed by atoms with Crippen molar-refractivity contribution in [3.8, 4) is 0 Å². The zero-order valence-electron chi connectivity index (χ0n) is 11.5. The summed E-state index contributed by atoms with van der Waals surface area (Å²) in [6, 6.07) is 4.92. The third kappa shape index (κ3) is 3.24. The second-order valence-electron chi connectivity index (χ2n) is 5.24. The first kappa shape index (κ1) is 15.9. The van der Waals surface area contributed by atoms with Gasteiger partial charge < -0.3 is 5.11 Å². The lowest BCUT2D eigenvalue weighted by Crippen LogP contribution is -2.38. The lowest BCUT2D eigenvalue weighted by molar-refractivity contribution is 0.281. The van der Waals surface area contributed by atoms with Crippen LogP contribution < -0.4 is 0 Å². The molecule has 20 heavy (non-hydrogen) atoms. The topological polar surface area (TPSA) is 57.6 Å². The molecule has 0 aliphatic carbocycles. The minimum Gasteiger partial charge on any atom is -0.392 e. The average molecular weight is 362 g/mol. The van der Waals surface area contributed by atoms with E-state index < -0.39 is 10.0 Å². The maximum Gasteiger partial charge on any atom is 0.244 e. The highest BCUT2D eigenvalue weighted by Gasteiger charge is 2.31. The second-order valence-corrected chi connectivity index (χ2v) is 7.95. The summed E-state index contributed by atoms with van der Waals surface area (Å²) < 4.78 is 27.7. The molecule has 0 amide bonds. The maximum absolute atomic E-state index is 12.8. The minimum atomic E-state index is -3.49. The minimum absolute atomic E-state index is 0.0342. The molecule has 4 nitrogen and oxygen atoms in total. The van der Waals surface area contributed by atoms with Gasteiger partial charge in [0.25, 0.3) is 0 Å². The molecule has 0 saturated carbocycles. The molecular weight excluding hydrogens is 342 g/mol. The van der Waals surface area contributed by atoms with Gasteiger partial charge in [0.15, 0.2) is 0 Å². The molecule has 1 N–H and O–H groups in total. The summed E-state index contributed by atoms with van der Waals surface area (Å²) in [6.07, 6.45) is 3.99. The first-order chi connectivity index (χ1) is 9.46. The number of nitrogens with zero attached hydrogens (tertiary/aromatic N) is 1. The van der Waals surface area contributed by atoms with E-state index in [1.54, 1.807) is 22.5 Å². The Hall–Kier alpha value is -0.430. The van der Waals surface area contributed by atoms with Crippen molar-refractivity contribution in [2.24, 2.45) is 0 Å². The zero-order chi connectivity index (χ0) is 14.8. The van der Waals surface area contributed by atoms with Crippen molar-refractivity contribution in [2.45, 2.75) is 50.2 Å². The van der Waals surface area contributed by atoms with Crippen molar-refractivity contribution in [1.29, 1.82) is 0 Å². The SMILES string of the molecule is CC1CCCCCN1S(=O)(=O)c1ccc(CO)cc1Br. The van der Waals surface area contributed by atoms with Gasteiger partial charge in [-0.05, 0) is 53.4 Å². The first-order valence-electron chi connectivity index (χ1n) is 6.88. The summed E-state index contributed by atoms with van der Waals surface area (Å²) in [6.45, 7) is 2.45. The molecular formula is C14H20BrNO3S. The van der Waals surface area contributed by atoms with Crippen LogP contribution >= 0.6 is 15.9 Å². The summed E-state index contributed by atoms with van der Waals surface area (Å²) in [5, 5.41) is 9.10. The molecule has 0 aromatic heterocycles. The number of aliphatic hydroxyl groups excluding tert-OH is 1. The largest absolute Gasteiger partial charge is 0.392 e. The Morgan fingerprint density at radius 3 is 2.75 bits per heavy atom. The molecule has 0 spiro atoms. The van der Waals surface area contributed by atoms with E-state index in [-0.39, 0.29) is 17.5 Å². The molecule has 1 aromatic carbocycles. The number of rotatable bonds is 3. The van der Waals surface area contributed by atoms with Crippen molar-refractivity contribution in [1.82, 2.24) is 4.31 Å². The monoisotopic (exact) mass is 361 g/mol. The molecule has 1 heterocycles. The predicted molar refractivity (Wildman–Crippen MR) is 81.9 cm³/mol. The fraction of sp³-hybridized carbons (Fsp3) is 0.571. The predicted octanol–water partition coefficient (Wildman–Crippen LogP) is 2.89. The van der Waals surface area contributed by atoms with Gasteiger partial charge in [0.1, 0.15) is 0 Å². The van der Waals surface area contributed by atoms with Crippen molar-refractivity contribution in [3.63, 3.8) is 0 Å². The van der Waals surface area contributed by atoms with E-state index in [1.807, 2.05) is 6.92 Å². The summed E-state index contributed by atoms with van der Waals surface area (Å²) >= 11 is 3.31. The van der Waals surface area contributed by atoms with E-state index >= 15 is 0 Å². The number of halogens is 1. The van der Waals surface area contributed by atoms with Crippen LogP contribution in [0.5, 0.6) is 0 Å². The van der Waals surface area contributed by atoms with Crippen LogP contribution in [0.2, 0.25) is 0 Å². The van der Waals surface area contributed by atoms with Crippen molar-refractivity contribution in [2.75, 3.05) is 6.54 Å². The van der Waals surface area contributed by atoms with Crippen LogP contribution in [-0.4, -0.2) is 30.4 Å². The molecule has 1 saturated heterocycles. The van der Waals surface area contributed by atoms with Gasteiger partial charge in [-0.1, -0.05) is 18.9 Å². The Morgan fingerprint density at radius 1 is 1.35 bits per heavy atom. The third-order valence-electron chi connectivity index (χ3n) is 3.76. The van der Waals surface area contributed by atoms with E-state index in [0.717, 1.165) is 25.7 Å². The van der Waals surface area contributed by atoms with E-state index in [2.05, 4.69) is 15.9 Å². The molecule has 1 aliphatic heterocycles. The highest BCUT2D eigenvalue weighted by Crippen LogP contribution is 2.30. The summed E-state index contributed by atoms with van der Waals surface area (Å²) in [5.74, 6) is 0. The second kappa shape index (κ2) is 6.56. The van der Waals surface area contributed by atoms with Crippen LogP contribution in [0.1, 0.15) is 38.2 Å². The summed E-state index contributed by atoms with van der Waals surface area (Å²) in [5.41, 5.74) is 0.694. The molecule has 1 aliphatic rings. The number of aliphatic hydroxyl groups is 1. The van der Waals surface area contributed by atoms with Crippen molar-refractivity contribution >= 4 is 26.0 Å². The number of hydrogen-bond donors (Lipinski definition) is 1. The Balaban J connectivity index is 2.38. The van der Waals surface area contributed by atoms with Crippen LogP contribution in [0.3, 0.4) is 0 Å². The first-order valence-corrected chi connectivity index (χ1v) is 9.11. The third-order valence-corrected chi connectivity index (χ3v) is 6.75. The number of hydrogen-bond acceptors (Lipinski definition) is 3. The quantitative estimate of drug-likeness (QED) is 0.900. The van der Waals surface area contributed by atoms with Crippen LogP contribution in [0.15, 0.2) is 27.6 Å². The Kier molecular flexibility index (Phi) is 5.23. The highest BCUT2D eigenvalue weighted by atomic mass is 79.9. The molecule has 0 radical (unpaired) electrons. The van der Waals surface area contributed by atoms with Gasteiger partial charge >= 0.3 is 0 Å². The van der Waals surface area contributed by atoms with E-state index in [1.165, 1.54) is 0 Å². The zero-order valence-corrected chi connectivity index (χ0v) is 14.0. The summed E-state index contributed by atoms with van der Waals surface area (Å²) in [4.78, 5) is 0.281. The molecule has 1 fully saturated rings. The lowest BCUT2D eigenvalue weighted by Gasteiger charge is -2.26. The molecule has 0 bridgehead atoms. The normalized spacial score (nSPS) is 21.6. The highest BCUT2D eigenvalue weighted by molar-refractivity contribution is 9.10. The summed E-state index contributed by atoms with van der Waals surface area (Å²) in [7, 11) is -3.49. The molecule has 1 aromatic rings. The maximum atomic E-state index is 12.8. The Labute approximate surface area is 129 Å². The molecule has 112 valence electrons. The lowest BCUT2D eigenvalue weighted by atomic mass is 10.1. The van der Waals surface area contributed by atoms with Gasteiger partial charge in [-0.2, -0.15) is 4.31 Å². The van der Waals surface area contributed by atoms with Gasteiger partial charge in [0, 0.05) is 17.1 Å². The van der Waals surface area contributed by atoms with E-state index in [9.17, 15) is 8.42 Å². The molecule has 6 heteroatoms. The average Bonchev–Trinajstić information content (AvgIpc) is 2.63. The standard InChI is InChI=1S/C14H20BrNO3S/c1-11-5-3-2-4-8-16(11)20(18,19)14-7-6-12(10-17)9-13(14)15/h6-7,9,11,17H,2-5,8,10H2,1H3. The van der Waals surface area contributed by atoms with Crippen LogP contribution in [-0.2, 0) is 16.6 Å². The van der Waals surface area contributed by atoms with Crippen molar-refractivity contribution in [3.05, 3.63) is 28.2 Å². The van der Waals surface area contributed by atoms with Gasteiger partial charge in [0.05, 0.1) is 11.5 Å². The van der Waals surface area contributed by atoms with Crippen LogP contribution in [0.4, 0.5) is 0 Å². The molecule has 1 unspecified atom stereocenters. The molecule has 1 atom stereocenters.